The standard InChI is InChI=1S/C13H18N2O4S/c1-2-7-20(18,19)15-6-5-10-8-11(13(16)14-17)3-4-12(10)9-15/h3-4,8,17H,2,5-7,9H2,1H3,(H,14,16). The smallest absolute Gasteiger partial charge is 0.274 e. The van der Waals surface area contributed by atoms with E-state index in [2.05, 4.69) is 0 Å². The summed E-state index contributed by atoms with van der Waals surface area (Å²) in [7, 11) is -3.19. The van der Waals surface area contributed by atoms with Crippen LogP contribution in [0.15, 0.2) is 18.2 Å². The molecule has 0 unspecified atom stereocenters. The van der Waals surface area contributed by atoms with Gasteiger partial charge in [0.15, 0.2) is 0 Å². The van der Waals surface area contributed by atoms with Crippen molar-refractivity contribution in [2.24, 2.45) is 0 Å². The summed E-state index contributed by atoms with van der Waals surface area (Å²) in [6.45, 7) is 2.62. The van der Waals surface area contributed by atoms with Crippen molar-refractivity contribution in [3.05, 3.63) is 34.9 Å². The maximum atomic E-state index is 12.0. The molecule has 110 valence electrons. The minimum Gasteiger partial charge on any atom is -0.288 e. The first kappa shape index (κ1) is 15.0. The van der Waals surface area contributed by atoms with Crippen molar-refractivity contribution in [3.63, 3.8) is 0 Å². The van der Waals surface area contributed by atoms with Crippen LogP contribution in [0.2, 0.25) is 0 Å². The first-order valence-electron chi connectivity index (χ1n) is 6.52. The van der Waals surface area contributed by atoms with Crippen LogP contribution in [0.4, 0.5) is 0 Å². The lowest BCUT2D eigenvalue weighted by atomic mass is 9.98. The van der Waals surface area contributed by atoms with E-state index in [9.17, 15) is 13.2 Å². The van der Waals surface area contributed by atoms with Crippen molar-refractivity contribution in [2.45, 2.75) is 26.3 Å². The number of benzene rings is 1. The summed E-state index contributed by atoms with van der Waals surface area (Å²) in [4.78, 5) is 11.3. The van der Waals surface area contributed by atoms with Crippen LogP contribution in [-0.2, 0) is 23.0 Å². The molecule has 2 rings (SSSR count). The molecule has 0 radical (unpaired) electrons. The van der Waals surface area contributed by atoms with Gasteiger partial charge in [0.2, 0.25) is 10.0 Å². The third kappa shape index (κ3) is 3.00. The topological polar surface area (TPSA) is 86.7 Å². The summed E-state index contributed by atoms with van der Waals surface area (Å²) in [6, 6.07) is 5.03. The quantitative estimate of drug-likeness (QED) is 0.639. The number of hydrogen-bond acceptors (Lipinski definition) is 4. The van der Waals surface area contributed by atoms with Gasteiger partial charge in [-0.25, -0.2) is 13.9 Å². The molecule has 0 aliphatic carbocycles. The highest BCUT2D eigenvalue weighted by atomic mass is 32.2. The van der Waals surface area contributed by atoms with Gasteiger partial charge in [0.1, 0.15) is 0 Å². The molecular weight excluding hydrogens is 280 g/mol. The van der Waals surface area contributed by atoms with E-state index < -0.39 is 15.9 Å². The molecule has 0 bridgehead atoms. The Morgan fingerprint density at radius 2 is 2.15 bits per heavy atom. The minimum absolute atomic E-state index is 0.160. The summed E-state index contributed by atoms with van der Waals surface area (Å²) >= 11 is 0. The summed E-state index contributed by atoms with van der Waals surface area (Å²) in [6.07, 6.45) is 1.17. The SMILES string of the molecule is CCCS(=O)(=O)N1CCc2cc(C(=O)NO)ccc2C1. The fourth-order valence-electron chi connectivity index (χ4n) is 2.36. The number of nitrogens with one attached hydrogen (secondary N) is 1. The molecule has 1 aromatic carbocycles. The van der Waals surface area contributed by atoms with Gasteiger partial charge in [-0.05, 0) is 36.1 Å². The van der Waals surface area contributed by atoms with Gasteiger partial charge in [-0.3, -0.25) is 10.0 Å². The number of rotatable bonds is 4. The molecule has 1 heterocycles. The predicted octanol–water partition coefficient (Wildman–Crippen LogP) is 0.903. The van der Waals surface area contributed by atoms with Crippen molar-refractivity contribution in [1.29, 1.82) is 0 Å². The van der Waals surface area contributed by atoms with Gasteiger partial charge >= 0.3 is 0 Å². The molecule has 0 saturated heterocycles. The monoisotopic (exact) mass is 298 g/mol. The van der Waals surface area contributed by atoms with Gasteiger partial charge in [-0.15, -0.1) is 0 Å². The number of hydrogen-bond donors (Lipinski definition) is 2. The second kappa shape index (κ2) is 5.90. The number of amides is 1. The number of carbonyl (C=O) groups excluding carboxylic acids is 1. The molecule has 7 heteroatoms. The number of fused-ring (bicyclic) bond motifs is 1. The van der Waals surface area contributed by atoms with Crippen LogP contribution >= 0.6 is 0 Å². The minimum atomic E-state index is -3.19. The zero-order valence-corrected chi connectivity index (χ0v) is 12.1. The van der Waals surface area contributed by atoms with Gasteiger partial charge in [0.05, 0.1) is 5.75 Å². The summed E-state index contributed by atoms with van der Waals surface area (Å²) in [5.74, 6) is -0.401. The summed E-state index contributed by atoms with van der Waals surface area (Å²) in [5.41, 5.74) is 3.82. The predicted molar refractivity (Wildman–Crippen MR) is 73.9 cm³/mol. The van der Waals surface area contributed by atoms with Crippen molar-refractivity contribution in [3.8, 4) is 0 Å². The van der Waals surface area contributed by atoms with E-state index in [1.807, 2.05) is 6.92 Å². The van der Waals surface area contributed by atoms with Crippen LogP contribution in [-0.4, -0.2) is 36.1 Å². The first-order valence-corrected chi connectivity index (χ1v) is 8.13. The largest absolute Gasteiger partial charge is 0.288 e. The first-order chi connectivity index (χ1) is 9.47. The number of nitrogens with zero attached hydrogens (tertiary/aromatic N) is 1. The van der Waals surface area contributed by atoms with E-state index in [1.54, 1.807) is 23.7 Å². The zero-order valence-electron chi connectivity index (χ0n) is 11.3. The molecule has 0 atom stereocenters. The highest BCUT2D eigenvalue weighted by Crippen LogP contribution is 2.22. The lowest BCUT2D eigenvalue weighted by Crippen LogP contribution is -2.37. The van der Waals surface area contributed by atoms with Crippen LogP contribution in [0, 0.1) is 0 Å². The van der Waals surface area contributed by atoms with Crippen LogP contribution in [0.1, 0.15) is 34.8 Å². The number of hydroxylamine groups is 1. The van der Waals surface area contributed by atoms with Gasteiger partial charge in [-0.2, -0.15) is 4.31 Å². The molecule has 2 N–H and O–H groups in total. The highest BCUT2D eigenvalue weighted by molar-refractivity contribution is 7.89. The van der Waals surface area contributed by atoms with Crippen LogP contribution in [0.25, 0.3) is 0 Å². The van der Waals surface area contributed by atoms with Crippen molar-refractivity contribution in [2.75, 3.05) is 12.3 Å². The van der Waals surface area contributed by atoms with Crippen molar-refractivity contribution in [1.82, 2.24) is 9.79 Å². The van der Waals surface area contributed by atoms with Crippen LogP contribution in [0.3, 0.4) is 0 Å². The third-order valence-electron chi connectivity index (χ3n) is 3.40. The van der Waals surface area contributed by atoms with E-state index in [1.165, 1.54) is 4.31 Å². The average molecular weight is 298 g/mol. The molecule has 6 nitrogen and oxygen atoms in total. The van der Waals surface area contributed by atoms with Gasteiger partial charge in [0, 0.05) is 18.7 Å². The average Bonchev–Trinajstić information content (AvgIpc) is 2.45. The molecule has 0 saturated carbocycles. The third-order valence-corrected chi connectivity index (χ3v) is 5.43. The molecular formula is C13H18N2O4S. The summed E-state index contributed by atoms with van der Waals surface area (Å²) < 4.78 is 25.6. The maximum absolute atomic E-state index is 12.0. The van der Waals surface area contributed by atoms with Crippen molar-refractivity contribution < 1.29 is 18.4 Å². The van der Waals surface area contributed by atoms with E-state index in [4.69, 9.17) is 5.21 Å². The molecule has 1 aliphatic rings. The maximum Gasteiger partial charge on any atom is 0.274 e. The fourth-order valence-corrected chi connectivity index (χ4v) is 3.84. The van der Waals surface area contributed by atoms with Crippen molar-refractivity contribution >= 4 is 15.9 Å². The lowest BCUT2D eigenvalue weighted by molar-refractivity contribution is 0.0706. The molecule has 0 spiro atoms. The molecule has 0 fully saturated rings. The molecule has 1 aromatic rings. The zero-order chi connectivity index (χ0) is 14.8. The Balaban J connectivity index is 2.22. The lowest BCUT2D eigenvalue weighted by Gasteiger charge is -2.28. The van der Waals surface area contributed by atoms with Gasteiger partial charge in [0.25, 0.3) is 5.91 Å². The Hall–Kier alpha value is -1.44. The second-order valence-electron chi connectivity index (χ2n) is 4.82. The molecule has 1 aliphatic heterocycles. The van der Waals surface area contributed by atoms with Gasteiger partial charge < -0.3 is 0 Å². The Morgan fingerprint density at radius 1 is 1.40 bits per heavy atom. The molecule has 0 aromatic heterocycles. The number of carbonyl (C=O) groups is 1. The number of sulfonamides is 1. The van der Waals surface area contributed by atoms with E-state index >= 15 is 0 Å². The van der Waals surface area contributed by atoms with E-state index in [0.717, 1.165) is 11.1 Å². The summed E-state index contributed by atoms with van der Waals surface area (Å²) in [5, 5.41) is 8.61. The Kier molecular flexibility index (Phi) is 4.42. The van der Waals surface area contributed by atoms with Crippen LogP contribution in [0.5, 0.6) is 0 Å². The van der Waals surface area contributed by atoms with Crippen LogP contribution < -0.4 is 5.48 Å². The molecule has 1 amide bonds. The molecule has 20 heavy (non-hydrogen) atoms. The highest BCUT2D eigenvalue weighted by Gasteiger charge is 2.26. The Bertz CT molecular complexity index is 613. The Morgan fingerprint density at radius 3 is 2.80 bits per heavy atom. The van der Waals surface area contributed by atoms with E-state index in [0.29, 0.717) is 31.5 Å². The van der Waals surface area contributed by atoms with E-state index in [-0.39, 0.29) is 5.75 Å². The van der Waals surface area contributed by atoms with Gasteiger partial charge in [-0.1, -0.05) is 13.0 Å². The normalized spacial score (nSPS) is 15.7. The fraction of sp³-hybridized carbons (Fsp3) is 0.462. The second-order valence-corrected chi connectivity index (χ2v) is 6.91. The Labute approximate surface area is 118 Å².